The molecule has 4 rings (SSSR count). The van der Waals surface area contributed by atoms with E-state index in [0.717, 1.165) is 35.1 Å². The number of piperidine rings is 1. The van der Waals surface area contributed by atoms with Gasteiger partial charge in [-0.1, -0.05) is 48.9 Å². The van der Waals surface area contributed by atoms with Gasteiger partial charge in [0.1, 0.15) is 18.9 Å². The molecule has 0 aliphatic carbocycles. The summed E-state index contributed by atoms with van der Waals surface area (Å²) in [5, 5.41) is 0.229. The Labute approximate surface area is 202 Å². The van der Waals surface area contributed by atoms with E-state index < -0.39 is 11.1 Å². The second-order valence-corrected chi connectivity index (χ2v) is 9.71. The summed E-state index contributed by atoms with van der Waals surface area (Å²) in [5.74, 6) is 0.558. The molecule has 2 fully saturated rings. The molecule has 0 radical (unpaired) electrons. The third-order valence-corrected chi connectivity index (χ3v) is 6.98. The van der Waals surface area contributed by atoms with Crippen molar-refractivity contribution in [3.63, 3.8) is 0 Å². The topological polar surface area (TPSA) is 66.9 Å². The highest BCUT2D eigenvalue weighted by molar-refractivity contribution is 8.18. The van der Waals surface area contributed by atoms with Crippen LogP contribution < -0.4 is 4.74 Å². The predicted octanol–water partition coefficient (Wildman–Crippen LogP) is 5.21. The number of carbonyl (C=O) groups is 3. The van der Waals surface area contributed by atoms with E-state index in [9.17, 15) is 14.4 Å². The highest BCUT2D eigenvalue weighted by atomic mass is 35.5. The third-order valence-electron chi connectivity index (χ3n) is 5.82. The van der Waals surface area contributed by atoms with Crippen molar-refractivity contribution in [3.8, 4) is 5.75 Å². The SMILES string of the molecule is CC1CCN(C(=O)CN2C(=O)S/C(=C/c3ccccc3OCc3ccc(Cl)cc3)C2=O)CC1. The van der Waals surface area contributed by atoms with Gasteiger partial charge in [-0.05, 0) is 60.4 Å². The Balaban J connectivity index is 1.44. The Kier molecular flexibility index (Phi) is 7.40. The summed E-state index contributed by atoms with van der Waals surface area (Å²) >= 11 is 6.78. The lowest BCUT2D eigenvalue weighted by atomic mass is 9.99. The normalized spacial score (nSPS) is 18.3. The van der Waals surface area contributed by atoms with Crippen LogP contribution in [0, 0.1) is 5.92 Å². The molecule has 33 heavy (non-hydrogen) atoms. The van der Waals surface area contributed by atoms with Crippen LogP contribution in [0.25, 0.3) is 6.08 Å². The van der Waals surface area contributed by atoms with Crippen molar-refractivity contribution in [3.05, 3.63) is 69.6 Å². The van der Waals surface area contributed by atoms with Crippen LogP contribution in [0.2, 0.25) is 5.02 Å². The number of carbonyl (C=O) groups excluding carboxylic acids is 3. The summed E-state index contributed by atoms with van der Waals surface area (Å²) < 4.78 is 5.95. The number of benzene rings is 2. The molecule has 2 aliphatic rings. The zero-order valence-corrected chi connectivity index (χ0v) is 19.9. The first-order chi connectivity index (χ1) is 15.9. The highest BCUT2D eigenvalue weighted by Gasteiger charge is 2.37. The first-order valence-electron chi connectivity index (χ1n) is 10.9. The van der Waals surface area contributed by atoms with Crippen LogP contribution >= 0.6 is 23.4 Å². The van der Waals surface area contributed by atoms with Gasteiger partial charge in [0.25, 0.3) is 11.1 Å². The second-order valence-electron chi connectivity index (χ2n) is 8.28. The lowest BCUT2D eigenvalue weighted by molar-refractivity contribution is -0.136. The molecule has 6 nitrogen and oxygen atoms in total. The van der Waals surface area contributed by atoms with Gasteiger partial charge in [-0.25, -0.2) is 0 Å². The molecule has 0 aromatic heterocycles. The van der Waals surface area contributed by atoms with Crippen LogP contribution in [0.15, 0.2) is 53.4 Å². The quantitative estimate of drug-likeness (QED) is 0.526. The average molecular weight is 485 g/mol. The Morgan fingerprint density at radius 3 is 2.55 bits per heavy atom. The minimum absolute atomic E-state index is 0.183. The lowest BCUT2D eigenvalue weighted by Gasteiger charge is -2.31. The summed E-state index contributed by atoms with van der Waals surface area (Å²) in [6, 6.07) is 14.7. The Morgan fingerprint density at radius 1 is 1.12 bits per heavy atom. The van der Waals surface area contributed by atoms with Crippen LogP contribution in [0.3, 0.4) is 0 Å². The molecule has 0 spiro atoms. The number of rotatable bonds is 6. The lowest BCUT2D eigenvalue weighted by Crippen LogP contribution is -2.45. The zero-order chi connectivity index (χ0) is 23.4. The largest absolute Gasteiger partial charge is 0.488 e. The van der Waals surface area contributed by atoms with Crippen LogP contribution in [-0.2, 0) is 16.2 Å². The van der Waals surface area contributed by atoms with Gasteiger partial charge in [0.05, 0.1) is 4.91 Å². The molecule has 2 aliphatic heterocycles. The fraction of sp³-hybridized carbons (Fsp3) is 0.320. The number of nitrogens with zero attached hydrogens (tertiary/aromatic N) is 2. The number of ether oxygens (including phenoxy) is 1. The molecule has 0 N–H and O–H groups in total. The van der Waals surface area contributed by atoms with E-state index in [1.54, 1.807) is 23.1 Å². The summed E-state index contributed by atoms with van der Waals surface area (Å²) in [6.45, 7) is 3.63. The number of hydrogen-bond acceptors (Lipinski definition) is 5. The van der Waals surface area contributed by atoms with Gasteiger partial charge in [-0.3, -0.25) is 19.3 Å². The number of halogens is 1. The molecule has 0 atom stereocenters. The maximum Gasteiger partial charge on any atom is 0.294 e. The van der Waals surface area contributed by atoms with Gasteiger partial charge in [-0.15, -0.1) is 0 Å². The average Bonchev–Trinajstić information content (AvgIpc) is 3.07. The van der Waals surface area contributed by atoms with Crippen LogP contribution in [0.1, 0.15) is 30.9 Å². The van der Waals surface area contributed by atoms with Crippen molar-refractivity contribution < 1.29 is 19.1 Å². The summed E-state index contributed by atoms with van der Waals surface area (Å²) in [6.07, 6.45) is 3.54. The maximum atomic E-state index is 12.9. The van der Waals surface area contributed by atoms with E-state index in [0.29, 0.717) is 41.9 Å². The minimum Gasteiger partial charge on any atom is -0.488 e. The van der Waals surface area contributed by atoms with Crippen LogP contribution in [0.4, 0.5) is 4.79 Å². The number of thioether (sulfide) groups is 1. The number of imide groups is 1. The van der Waals surface area contributed by atoms with E-state index in [1.807, 2.05) is 36.4 Å². The van der Waals surface area contributed by atoms with Gasteiger partial charge >= 0.3 is 0 Å². The van der Waals surface area contributed by atoms with Crippen molar-refractivity contribution in [2.45, 2.75) is 26.4 Å². The van der Waals surface area contributed by atoms with Gasteiger partial charge in [0, 0.05) is 23.7 Å². The Bertz CT molecular complexity index is 1080. The summed E-state index contributed by atoms with van der Waals surface area (Å²) in [4.78, 5) is 41.1. The smallest absolute Gasteiger partial charge is 0.294 e. The van der Waals surface area contributed by atoms with E-state index in [4.69, 9.17) is 16.3 Å². The maximum absolute atomic E-state index is 12.9. The standard InChI is InChI=1S/C25H25ClN2O4S/c1-17-10-12-27(13-11-17)23(29)15-28-24(30)22(33-25(28)31)14-19-4-2-3-5-21(19)32-16-18-6-8-20(26)9-7-18/h2-9,14,17H,10-13,15-16H2,1H3/b22-14+. The first kappa shape index (κ1) is 23.4. The molecule has 172 valence electrons. The zero-order valence-electron chi connectivity index (χ0n) is 18.3. The highest BCUT2D eigenvalue weighted by Crippen LogP contribution is 2.34. The van der Waals surface area contributed by atoms with Gasteiger partial charge in [0.2, 0.25) is 5.91 Å². The van der Waals surface area contributed by atoms with Crippen molar-refractivity contribution in [1.82, 2.24) is 9.80 Å². The van der Waals surface area contributed by atoms with Crippen molar-refractivity contribution >= 4 is 46.5 Å². The molecule has 0 unspecified atom stereocenters. The molecular formula is C25H25ClN2O4S. The van der Waals surface area contributed by atoms with E-state index in [-0.39, 0.29) is 17.4 Å². The van der Waals surface area contributed by atoms with Crippen molar-refractivity contribution in [2.75, 3.05) is 19.6 Å². The molecule has 2 saturated heterocycles. The molecule has 2 aromatic carbocycles. The molecule has 0 bridgehead atoms. The fourth-order valence-electron chi connectivity index (χ4n) is 3.74. The van der Waals surface area contributed by atoms with Gasteiger partial charge in [0.15, 0.2) is 0 Å². The Morgan fingerprint density at radius 2 is 1.82 bits per heavy atom. The molecule has 2 heterocycles. The van der Waals surface area contributed by atoms with Crippen LogP contribution in [0.5, 0.6) is 5.75 Å². The fourth-order valence-corrected chi connectivity index (χ4v) is 4.70. The minimum atomic E-state index is -0.448. The van der Waals surface area contributed by atoms with E-state index >= 15 is 0 Å². The third kappa shape index (κ3) is 5.78. The summed E-state index contributed by atoms with van der Waals surface area (Å²) in [7, 11) is 0. The predicted molar refractivity (Wildman–Crippen MR) is 130 cm³/mol. The summed E-state index contributed by atoms with van der Waals surface area (Å²) in [5.41, 5.74) is 1.65. The molecule has 0 saturated carbocycles. The monoisotopic (exact) mass is 484 g/mol. The molecule has 2 aromatic rings. The van der Waals surface area contributed by atoms with Crippen LogP contribution in [-0.4, -0.2) is 46.5 Å². The Hall–Kier alpha value is -2.77. The van der Waals surface area contributed by atoms with E-state index in [1.165, 1.54) is 0 Å². The van der Waals surface area contributed by atoms with Gasteiger partial charge < -0.3 is 9.64 Å². The number of likely N-dealkylation sites (tertiary alicyclic amines) is 1. The van der Waals surface area contributed by atoms with Crippen molar-refractivity contribution in [2.24, 2.45) is 5.92 Å². The number of para-hydroxylation sites is 1. The molecule has 3 amide bonds. The molecule has 8 heteroatoms. The van der Waals surface area contributed by atoms with E-state index in [2.05, 4.69) is 6.92 Å². The molecular weight excluding hydrogens is 460 g/mol. The number of hydrogen-bond donors (Lipinski definition) is 0. The second kappa shape index (κ2) is 10.4. The van der Waals surface area contributed by atoms with Gasteiger partial charge in [-0.2, -0.15) is 0 Å². The van der Waals surface area contributed by atoms with Crippen molar-refractivity contribution in [1.29, 1.82) is 0 Å². The number of amides is 3. The first-order valence-corrected chi connectivity index (χ1v) is 12.1.